The molecule has 6 heteroatoms. The van der Waals surface area contributed by atoms with Crippen molar-refractivity contribution in [3.05, 3.63) is 29.8 Å². The number of nitrogens with zero attached hydrogens (tertiary/aromatic N) is 3. The lowest BCUT2D eigenvalue weighted by atomic mass is 9.92. The summed E-state index contributed by atoms with van der Waals surface area (Å²) in [5.41, 5.74) is 0.695. The van der Waals surface area contributed by atoms with Gasteiger partial charge in [0.2, 0.25) is 5.91 Å². The van der Waals surface area contributed by atoms with Crippen LogP contribution in [0.4, 0.5) is 0 Å². The molecule has 2 heterocycles. The molecule has 1 aromatic rings. The van der Waals surface area contributed by atoms with Gasteiger partial charge in [-0.3, -0.25) is 14.5 Å². The first kappa shape index (κ1) is 22.1. The third-order valence-electron chi connectivity index (χ3n) is 7.53. The van der Waals surface area contributed by atoms with Crippen molar-refractivity contribution in [1.82, 2.24) is 14.7 Å². The number of piperazine rings is 1. The molecule has 0 spiro atoms. The molecule has 1 unspecified atom stereocenters. The molecule has 4 rings (SSSR count). The number of benzene rings is 1. The molecule has 170 valence electrons. The molecule has 0 N–H and O–H groups in total. The molecular weight excluding hydrogens is 390 g/mol. The lowest BCUT2D eigenvalue weighted by Gasteiger charge is -2.43. The van der Waals surface area contributed by atoms with E-state index in [-0.39, 0.29) is 11.9 Å². The predicted molar refractivity (Wildman–Crippen MR) is 121 cm³/mol. The zero-order valence-corrected chi connectivity index (χ0v) is 19.1. The van der Waals surface area contributed by atoms with Crippen LogP contribution in [0.5, 0.6) is 5.75 Å². The molecule has 1 aliphatic carbocycles. The molecule has 1 saturated carbocycles. The summed E-state index contributed by atoms with van der Waals surface area (Å²) in [7, 11) is 1.63. The van der Waals surface area contributed by atoms with Crippen LogP contribution in [0.15, 0.2) is 24.3 Å². The van der Waals surface area contributed by atoms with E-state index in [1.807, 2.05) is 29.2 Å². The molecule has 6 nitrogen and oxygen atoms in total. The van der Waals surface area contributed by atoms with Gasteiger partial charge in [-0.25, -0.2) is 0 Å². The minimum absolute atomic E-state index is 0.00542. The second-order valence-electron chi connectivity index (χ2n) is 9.55. The van der Waals surface area contributed by atoms with Gasteiger partial charge in [0, 0.05) is 44.8 Å². The molecule has 1 atom stereocenters. The van der Waals surface area contributed by atoms with Crippen LogP contribution in [-0.4, -0.2) is 78.9 Å². The maximum atomic E-state index is 13.6. The summed E-state index contributed by atoms with van der Waals surface area (Å²) >= 11 is 0. The highest BCUT2D eigenvalue weighted by Crippen LogP contribution is 2.33. The maximum absolute atomic E-state index is 13.6. The van der Waals surface area contributed by atoms with E-state index >= 15 is 0 Å². The Hall–Kier alpha value is -2.08. The number of piperidine rings is 1. The van der Waals surface area contributed by atoms with Crippen molar-refractivity contribution in [3.63, 3.8) is 0 Å². The van der Waals surface area contributed by atoms with Crippen molar-refractivity contribution in [1.29, 1.82) is 0 Å². The smallest absolute Gasteiger partial charge is 0.253 e. The first-order valence-corrected chi connectivity index (χ1v) is 12.0. The van der Waals surface area contributed by atoms with Crippen LogP contribution in [0, 0.1) is 11.8 Å². The zero-order chi connectivity index (χ0) is 21.8. The second-order valence-corrected chi connectivity index (χ2v) is 9.55. The molecule has 2 amide bonds. The van der Waals surface area contributed by atoms with Gasteiger partial charge in [0.25, 0.3) is 5.91 Å². The average molecular weight is 428 g/mol. The third-order valence-corrected chi connectivity index (χ3v) is 7.53. The summed E-state index contributed by atoms with van der Waals surface area (Å²) < 4.78 is 5.19. The van der Waals surface area contributed by atoms with E-state index in [1.54, 1.807) is 7.11 Å². The predicted octanol–water partition coefficient (Wildman–Crippen LogP) is 3.27. The third kappa shape index (κ3) is 5.05. The van der Waals surface area contributed by atoms with Gasteiger partial charge in [-0.05, 0) is 61.8 Å². The van der Waals surface area contributed by atoms with E-state index in [9.17, 15) is 9.59 Å². The number of carbonyl (C=O) groups is 2. The van der Waals surface area contributed by atoms with E-state index in [1.165, 1.54) is 12.8 Å². The Morgan fingerprint density at radius 3 is 2.06 bits per heavy atom. The van der Waals surface area contributed by atoms with Crippen LogP contribution in [0.25, 0.3) is 0 Å². The van der Waals surface area contributed by atoms with Crippen LogP contribution in [0.3, 0.4) is 0 Å². The minimum atomic E-state index is -0.00542. The summed E-state index contributed by atoms with van der Waals surface area (Å²) in [5, 5.41) is 0. The van der Waals surface area contributed by atoms with E-state index in [2.05, 4.69) is 16.7 Å². The van der Waals surface area contributed by atoms with Gasteiger partial charge in [-0.2, -0.15) is 0 Å². The topological polar surface area (TPSA) is 53.1 Å². The lowest BCUT2D eigenvalue weighted by molar-refractivity contribution is -0.141. The monoisotopic (exact) mass is 427 g/mol. The fourth-order valence-electron chi connectivity index (χ4n) is 5.46. The molecule has 0 bridgehead atoms. The van der Waals surface area contributed by atoms with Gasteiger partial charge in [0.15, 0.2) is 0 Å². The van der Waals surface area contributed by atoms with E-state index in [0.29, 0.717) is 30.5 Å². The summed E-state index contributed by atoms with van der Waals surface area (Å²) in [4.78, 5) is 32.9. The largest absolute Gasteiger partial charge is 0.497 e. The molecule has 3 fully saturated rings. The van der Waals surface area contributed by atoms with Crippen molar-refractivity contribution in [2.45, 2.75) is 51.5 Å². The molecular formula is C25H37N3O3. The van der Waals surface area contributed by atoms with Crippen molar-refractivity contribution in [3.8, 4) is 5.75 Å². The standard InChI is InChI=1S/C25H37N3O3/c1-19-11-13-27(14-12-19)25(30)23(20-5-3-4-6-20)26-15-17-28(18-16-26)24(29)21-7-9-22(31-2)10-8-21/h7-10,19-20,23H,3-6,11-18H2,1-2H3. The molecule has 31 heavy (non-hydrogen) atoms. The van der Waals surface area contributed by atoms with Crippen LogP contribution in [-0.2, 0) is 4.79 Å². The Balaban J connectivity index is 1.40. The Morgan fingerprint density at radius 1 is 0.871 bits per heavy atom. The Labute approximate surface area is 186 Å². The maximum Gasteiger partial charge on any atom is 0.253 e. The van der Waals surface area contributed by atoms with Crippen molar-refractivity contribution < 1.29 is 14.3 Å². The van der Waals surface area contributed by atoms with Crippen molar-refractivity contribution in [2.24, 2.45) is 11.8 Å². The van der Waals surface area contributed by atoms with E-state index < -0.39 is 0 Å². The van der Waals surface area contributed by atoms with E-state index in [0.717, 1.165) is 63.5 Å². The highest BCUT2D eigenvalue weighted by Gasteiger charge is 2.39. The number of hydrogen-bond donors (Lipinski definition) is 0. The number of ether oxygens (including phenoxy) is 1. The van der Waals surface area contributed by atoms with Crippen LogP contribution >= 0.6 is 0 Å². The molecule has 1 aromatic carbocycles. The zero-order valence-electron chi connectivity index (χ0n) is 19.1. The quantitative estimate of drug-likeness (QED) is 0.724. The van der Waals surface area contributed by atoms with Gasteiger partial charge >= 0.3 is 0 Å². The normalized spacial score (nSPS) is 22.5. The minimum Gasteiger partial charge on any atom is -0.497 e. The molecule has 2 saturated heterocycles. The fourth-order valence-corrected chi connectivity index (χ4v) is 5.46. The van der Waals surface area contributed by atoms with Gasteiger partial charge < -0.3 is 14.5 Å². The Morgan fingerprint density at radius 2 is 1.48 bits per heavy atom. The first-order chi connectivity index (χ1) is 15.1. The number of hydrogen-bond acceptors (Lipinski definition) is 4. The lowest BCUT2D eigenvalue weighted by Crippen LogP contribution is -2.59. The molecule has 0 radical (unpaired) electrons. The Kier molecular flexibility index (Phi) is 7.16. The number of methoxy groups -OCH3 is 1. The SMILES string of the molecule is COc1ccc(C(=O)N2CCN(C(C(=O)N3CCC(C)CC3)C3CCCC3)CC2)cc1. The van der Waals surface area contributed by atoms with Crippen molar-refractivity contribution in [2.75, 3.05) is 46.4 Å². The van der Waals surface area contributed by atoms with Crippen molar-refractivity contribution >= 4 is 11.8 Å². The summed E-state index contributed by atoms with van der Waals surface area (Å²) in [6.07, 6.45) is 7.03. The van der Waals surface area contributed by atoms with Gasteiger partial charge in [0.05, 0.1) is 13.2 Å². The second kappa shape index (κ2) is 10.0. The summed E-state index contributed by atoms with van der Waals surface area (Å²) in [6, 6.07) is 7.32. The van der Waals surface area contributed by atoms with Gasteiger partial charge in [-0.15, -0.1) is 0 Å². The van der Waals surface area contributed by atoms with Crippen LogP contribution in [0.2, 0.25) is 0 Å². The van der Waals surface area contributed by atoms with E-state index in [4.69, 9.17) is 4.74 Å². The van der Waals surface area contributed by atoms with Gasteiger partial charge in [0.1, 0.15) is 5.75 Å². The molecule has 0 aromatic heterocycles. The van der Waals surface area contributed by atoms with Gasteiger partial charge in [-0.1, -0.05) is 19.8 Å². The first-order valence-electron chi connectivity index (χ1n) is 12.0. The molecule has 3 aliphatic rings. The highest BCUT2D eigenvalue weighted by atomic mass is 16.5. The summed E-state index contributed by atoms with van der Waals surface area (Å²) in [6.45, 7) is 7.00. The molecule has 2 aliphatic heterocycles. The number of rotatable bonds is 5. The van der Waals surface area contributed by atoms with Crippen LogP contribution in [0.1, 0.15) is 55.8 Å². The number of carbonyl (C=O) groups excluding carboxylic acids is 2. The number of likely N-dealkylation sites (tertiary alicyclic amines) is 1. The van der Waals surface area contributed by atoms with Crippen LogP contribution < -0.4 is 4.74 Å². The Bertz CT molecular complexity index is 744. The average Bonchev–Trinajstić information content (AvgIpc) is 3.34. The fraction of sp³-hybridized carbons (Fsp3) is 0.680. The summed E-state index contributed by atoms with van der Waals surface area (Å²) in [5.74, 6) is 2.35. The number of amides is 2. The highest BCUT2D eigenvalue weighted by molar-refractivity contribution is 5.94.